The fourth-order valence-corrected chi connectivity index (χ4v) is 4.14. The van der Waals surface area contributed by atoms with E-state index in [-0.39, 0.29) is 11.4 Å². The Kier molecular flexibility index (Phi) is 6.54. The Balaban J connectivity index is 1.47. The van der Waals surface area contributed by atoms with Crippen LogP contribution in [0, 0.1) is 5.41 Å². The van der Waals surface area contributed by atoms with Crippen LogP contribution in [0.3, 0.4) is 0 Å². The minimum atomic E-state index is -0.219. The number of amides is 1. The van der Waals surface area contributed by atoms with E-state index in [2.05, 4.69) is 34.7 Å². The third-order valence-corrected chi connectivity index (χ3v) is 5.91. The van der Waals surface area contributed by atoms with E-state index in [1.807, 2.05) is 17.3 Å². The van der Waals surface area contributed by atoms with Crippen LogP contribution >= 0.6 is 0 Å². The molecule has 7 heteroatoms. The topological polar surface area (TPSA) is 67.7 Å². The molecule has 0 aromatic carbocycles. The zero-order chi connectivity index (χ0) is 20.1. The third-order valence-electron chi connectivity index (χ3n) is 5.91. The van der Waals surface area contributed by atoms with Crippen LogP contribution in [-0.4, -0.2) is 64.7 Å². The van der Waals surface area contributed by atoms with Crippen LogP contribution in [0.2, 0.25) is 0 Å². The van der Waals surface area contributed by atoms with Crippen LogP contribution in [-0.2, 0) is 27.4 Å². The summed E-state index contributed by atoms with van der Waals surface area (Å²) in [4.78, 5) is 28.1. The van der Waals surface area contributed by atoms with Crippen molar-refractivity contribution in [1.82, 2.24) is 19.6 Å². The van der Waals surface area contributed by atoms with Gasteiger partial charge in [0.1, 0.15) is 0 Å². The molecule has 154 valence electrons. The molecule has 1 amide bonds. The number of esters is 1. The second-order valence-corrected chi connectivity index (χ2v) is 8.45. The van der Waals surface area contributed by atoms with E-state index in [4.69, 9.17) is 0 Å². The molecule has 0 aliphatic carbocycles. The summed E-state index contributed by atoms with van der Waals surface area (Å²) in [6.45, 7) is 9.22. The lowest BCUT2D eigenvalue weighted by molar-refractivity contribution is -0.140. The molecule has 3 heterocycles. The number of allylic oxidation sites excluding steroid dienone is 1. The molecule has 2 fully saturated rings. The van der Waals surface area contributed by atoms with Crippen LogP contribution in [0.5, 0.6) is 0 Å². The maximum absolute atomic E-state index is 12.4. The molecular formula is C21H32N4O3. The van der Waals surface area contributed by atoms with Crippen molar-refractivity contribution in [3.63, 3.8) is 0 Å². The fraction of sp³-hybridized carbons (Fsp3) is 0.667. The molecule has 2 aliphatic rings. The number of hydrogen-bond acceptors (Lipinski definition) is 5. The van der Waals surface area contributed by atoms with E-state index in [0.29, 0.717) is 25.3 Å². The minimum Gasteiger partial charge on any atom is -0.469 e. The molecule has 1 spiro atoms. The molecule has 0 atom stereocenters. The Morgan fingerprint density at radius 1 is 1.32 bits per heavy atom. The minimum absolute atomic E-state index is 0.160. The first kappa shape index (κ1) is 20.6. The molecule has 2 saturated heterocycles. The summed E-state index contributed by atoms with van der Waals surface area (Å²) in [5, 5.41) is 4.34. The zero-order valence-electron chi connectivity index (χ0n) is 17.3. The Hall–Kier alpha value is -2.15. The van der Waals surface area contributed by atoms with Crippen LogP contribution in [0.4, 0.5) is 0 Å². The Morgan fingerprint density at radius 3 is 2.75 bits per heavy atom. The SMILES string of the molecule is COC(=O)CCn1cc(CN2CCC3(CC2)CC(=O)N(CC=C(C)C)C3)cn1. The number of nitrogens with zero attached hydrogens (tertiary/aromatic N) is 4. The number of likely N-dealkylation sites (tertiary alicyclic amines) is 2. The predicted octanol–water partition coefficient (Wildman–Crippen LogP) is 2.23. The predicted molar refractivity (Wildman–Crippen MR) is 106 cm³/mol. The Bertz CT molecular complexity index is 728. The highest BCUT2D eigenvalue weighted by Crippen LogP contribution is 2.41. The highest BCUT2D eigenvalue weighted by atomic mass is 16.5. The Labute approximate surface area is 167 Å². The highest BCUT2D eigenvalue weighted by molar-refractivity contribution is 5.79. The van der Waals surface area contributed by atoms with Gasteiger partial charge in [-0.3, -0.25) is 19.2 Å². The van der Waals surface area contributed by atoms with Gasteiger partial charge >= 0.3 is 5.97 Å². The number of methoxy groups -OCH3 is 1. The smallest absolute Gasteiger partial charge is 0.307 e. The summed E-state index contributed by atoms with van der Waals surface area (Å²) in [5.74, 6) is 0.0842. The average molecular weight is 389 g/mol. The Morgan fingerprint density at radius 2 is 2.07 bits per heavy atom. The molecule has 1 aromatic heterocycles. The highest BCUT2D eigenvalue weighted by Gasteiger charge is 2.44. The quantitative estimate of drug-likeness (QED) is 0.529. The molecule has 2 aliphatic heterocycles. The van der Waals surface area contributed by atoms with E-state index in [0.717, 1.165) is 51.1 Å². The van der Waals surface area contributed by atoms with Crippen molar-refractivity contribution in [1.29, 1.82) is 0 Å². The molecule has 0 bridgehead atoms. The third kappa shape index (κ3) is 5.22. The van der Waals surface area contributed by atoms with Crippen molar-refractivity contribution >= 4 is 11.9 Å². The van der Waals surface area contributed by atoms with Crippen LogP contribution < -0.4 is 0 Å². The zero-order valence-corrected chi connectivity index (χ0v) is 17.3. The summed E-state index contributed by atoms with van der Waals surface area (Å²) >= 11 is 0. The maximum atomic E-state index is 12.4. The van der Waals surface area contributed by atoms with Gasteiger partial charge < -0.3 is 9.64 Å². The molecule has 0 saturated carbocycles. The summed E-state index contributed by atoms with van der Waals surface area (Å²) in [6.07, 6.45) is 9.20. The van der Waals surface area contributed by atoms with Crippen molar-refractivity contribution in [3.05, 3.63) is 29.6 Å². The van der Waals surface area contributed by atoms with Crippen molar-refractivity contribution in [2.24, 2.45) is 5.41 Å². The van der Waals surface area contributed by atoms with Crippen LogP contribution in [0.1, 0.15) is 45.1 Å². The van der Waals surface area contributed by atoms with Crippen molar-refractivity contribution in [3.8, 4) is 0 Å². The standard InChI is InChI=1S/C21H32N4O3/c1-17(2)4-8-24-16-21(12-19(24)26)6-10-23(11-7-21)14-18-13-22-25(15-18)9-5-20(27)28-3/h4,13,15H,5-12,14,16H2,1-3H3. The number of carbonyl (C=O) groups excluding carboxylic acids is 2. The lowest BCUT2D eigenvalue weighted by Gasteiger charge is -2.38. The number of piperidine rings is 1. The van der Waals surface area contributed by atoms with Crippen molar-refractivity contribution in [2.75, 3.05) is 33.3 Å². The number of ether oxygens (including phenoxy) is 1. The van der Waals surface area contributed by atoms with Gasteiger partial charge in [-0.15, -0.1) is 0 Å². The lowest BCUT2D eigenvalue weighted by Crippen LogP contribution is -2.41. The van der Waals surface area contributed by atoms with Crippen LogP contribution in [0.25, 0.3) is 0 Å². The van der Waals surface area contributed by atoms with Gasteiger partial charge in [-0.05, 0) is 45.2 Å². The van der Waals surface area contributed by atoms with Crippen LogP contribution in [0.15, 0.2) is 24.0 Å². The van der Waals surface area contributed by atoms with Gasteiger partial charge in [0.05, 0.1) is 26.3 Å². The normalized spacial score (nSPS) is 19.2. The molecular weight excluding hydrogens is 356 g/mol. The number of rotatable bonds is 7. The van der Waals surface area contributed by atoms with Gasteiger partial charge in [0.2, 0.25) is 5.91 Å². The second kappa shape index (κ2) is 8.90. The number of aromatic nitrogens is 2. The van der Waals surface area contributed by atoms with Gasteiger partial charge in [0.15, 0.2) is 0 Å². The van der Waals surface area contributed by atoms with Gasteiger partial charge in [-0.2, -0.15) is 5.10 Å². The van der Waals surface area contributed by atoms with Gasteiger partial charge in [-0.1, -0.05) is 11.6 Å². The molecule has 1 aromatic rings. The van der Waals surface area contributed by atoms with E-state index in [1.54, 1.807) is 4.68 Å². The van der Waals surface area contributed by atoms with Crippen molar-refractivity contribution in [2.45, 2.75) is 52.6 Å². The summed E-state index contributed by atoms with van der Waals surface area (Å²) in [7, 11) is 1.40. The lowest BCUT2D eigenvalue weighted by atomic mass is 9.77. The maximum Gasteiger partial charge on any atom is 0.307 e. The van der Waals surface area contributed by atoms with E-state index < -0.39 is 0 Å². The first-order chi connectivity index (χ1) is 13.4. The molecule has 28 heavy (non-hydrogen) atoms. The first-order valence-corrected chi connectivity index (χ1v) is 10.1. The van der Waals surface area contributed by atoms with E-state index in [9.17, 15) is 9.59 Å². The molecule has 3 rings (SSSR count). The van der Waals surface area contributed by atoms with E-state index in [1.165, 1.54) is 12.7 Å². The van der Waals surface area contributed by atoms with E-state index >= 15 is 0 Å². The summed E-state index contributed by atoms with van der Waals surface area (Å²) in [5.41, 5.74) is 2.58. The number of hydrogen-bond donors (Lipinski definition) is 0. The number of carbonyl (C=O) groups is 2. The molecule has 0 radical (unpaired) electrons. The number of aryl methyl sites for hydroxylation is 1. The van der Waals surface area contributed by atoms with Crippen molar-refractivity contribution < 1.29 is 14.3 Å². The summed E-state index contributed by atoms with van der Waals surface area (Å²) < 4.78 is 6.47. The monoisotopic (exact) mass is 388 g/mol. The second-order valence-electron chi connectivity index (χ2n) is 8.45. The summed E-state index contributed by atoms with van der Waals surface area (Å²) in [6, 6.07) is 0. The van der Waals surface area contributed by atoms with Gasteiger partial charge in [-0.25, -0.2) is 0 Å². The largest absolute Gasteiger partial charge is 0.469 e. The molecule has 7 nitrogen and oxygen atoms in total. The average Bonchev–Trinajstić information content (AvgIpc) is 3.24. The van der Waals surface area contributed by atoms with Gasteiger partial charge in [0.25, 0.3) is 0 Å². The van der Waals surface area contributed by atoms with Gasteiger partial charge in [0, 0.05) is 37.8 Å². The first-order valence-electron chi connectivity index (χ1n) is 10.1. The molecule has 0 N–H and O–H groups in total. The molecule has 0 unspecified atom stereocenters. The fourth-order valence-electron chi connectivity index (χ4n) is 4.14.